The fourth-order valence-electron chi connectivity index (χ4n) is 2.43. The minimum absolute atomic E-state index is 0.0171. The number of guanidine groups is 1. The van der Waals surface area contributed by atoms with Crippen molar-refractivity contribution < 1.29 is 22.4 Å². The smallest absolute Gasteiger partial charge is 0.262 e. The molecule has 9 heteroatoms. The van der Waals surface area contributed by atoms with Crippen LogP contribution in [0.15, 0.2) is 29.2 Å². The van der Waals surface area contributed by atoms with E-state index in [1.807, 2.05) is 0 Å². The number of hydrogen-bond donors (Lipinski definition) is 0. The molecule has 1 aromatic carbocycles. The molecule has 1 amide bonds. The number of carbonyl (C=O) groups is 1. The number of carbonyl (C=O) groups excluding carboxylic acids is 1. The van der Waals surface area contributed by atoms with Crippen LogP contribution >= 0.6 is 11.6 Å². The lowest BCUT2D eigenvalue weighted by molar-refractivity contribution is -0.113. The van der Waals surface area contributed by atoms with Crippen molar-refractivity contribution in [1.29, 1.82) is 0 Å². The minimum Gasteiger partial charge on any atom is -0.283 e. The Balaban J connectivity index is 0.000000647. The predicted molar refractivity (Wildman–Crippen MR) is 83.5 cm³/mol. The molecule has 0 fully saturated rings. The van der Waals surface area contributed by atoms with Crippen molar-refractivity contribution in [2.45, 2.75) is 19.9 Å². The Morgan fingerprint density at radius 1 is 1.33 bits per heavy atom. The van der Waals surface area contributed by atoms with E-state index >= 15 is 0 Å². The summed E-state index contributed by atoms with van der Waals surface area (Å²) in [5.41, 5.74) is 0.637. The summed E-state index contributed by atoms with van der Waals surface area (Å²) in [5, 5.41) is 0.265. The molecule has 0 saturated heterocycles. The van der Waals surface area contributed by atoms with E-state index in [0.29, 0.717) is 12.1 Å². The topological polar surface area (TPSA) is 35.9 Å². The van der Waals surface area contributed by atoms with E-state index in [1.54, 1.807) is 13.8 Å². The lowest BCUT2D eigenvalue weighted by atomic mass is 10.2. The summed E-state index contributed by atoms with van der Waals surface area (Å²) in [6.07, 6.45) is 0.838. The SMILES string of the molecule is Cc1cc(N2C(=O)C=C(F)N3C2=NCC3C)c(F)cc1Cl.FCF. The Morgan fingerprint density at radius 3 is 2.58 bits per heavy atom. The maximum absolute atomic E-state index is 14.2. The second-order valence-corrected chi connectivity index (χ2v) is 5.56. The normalized spacial score (nSPS) is 19.5. The first kappa shape index (κ1) is 18.3. The first-order valence-corrected chi connectivity index (χ1v) is 7.32. The lowest BCUT2D eigenvalue weighted by Gasteiger charge is -2.33. The predicted octanol–water partition coefficient (Wildman–Crippen LogP) is 3.89. The van der Waals surface area contributed by atoms with Gasteiger partial charge in [0.2, 0.25) is 18.8 Å². The van der Waals surface area contributed by atoms with Crippen molar-refractivity contribution >= 4 is 29.2 Å². The highest BCUT2D eigenvalue weighted by atomic mass is 35.5. The van der Waals surface area contributed by atoms with Crippen molar-refractivity contribution in [3.8, 4) is 0 Å². The number of benzene rings is 1. The van der Waals surface area contributed by atoms with Gasteiger partial charge in [-0.2, -0.15) is 4.39 Å². The van der Waals surface area contributed by atoms with E-state index in [1.165, 1.54) is 11.0 Å². The van der Waals surface area contributed by atoms with Crippen LogP contribution in [0.4, 0.5) is 23.2 Å². The van der Waals surface area contributed by atoms with Gasteiger partial charge in [-0.05, 0) is 31.5 Å². The summed E-state index contributed by atoms with van der Waals surface area (Å²) >= 11 is 5.86. The summed E-state index contributed by atoms with van der Waals surface area (Å²) in [4.78, 5) is 18.6. The summed E-state index contributed by atoms with van der Waals surface area (Å²) in [6, 6.07) is 2.37. The van der Waals surface area contributed by atoms with Gasteiger partial charge in [-0.15, -0.1) is 0 Å². The fourth-order valence-corrected chi connectivity index (χ4v) is 2.58. The van der Waals surface area contributed by atoms with Crippen LogP contribution in [-0.4, -0.2) is 36.3 Å². The van der Waals surface area contributed by atoms with Crippen LogP contribution in [0.5, 0.6) is 0 Å². The maximum atomic E-state index is 14.2. The molecular weight excluding hydrogens is 350 g/mol. The van der Waals surface area contributed by atoms with Crippen LogP contribution in [0.3, 0.4) is 0 Å². The largest absolute Gasteiger partial charge is 0.283 e. The number of halogens is 5. The second-order valence-electron chi connectivity index (χ2n) is 5.15. The molecule has 0 aliphatic carbocycles. The van der Waals surface area contributed by atoms with Crippen molar-refractivity contribution in [2.24, 2.45) is 4.99 Å². The molecule has 24 heavy (non-hydrogen) atoms. The molecule has 2 aliphatic heterocycles. The summed E-state index contributed by atoms with van der Waals surface area (Å²) in [5.74, 6) is -1.90. The molecule has 0 spiro atoms. The number of amides is 1. The third-order valence-corrected chi connectivity index (χ3v) is 3.92. The van der Waals surface area contributed by atoms with Gasteiger partial charge in [0, 0.05) is 5.02 Å². The summed E-state index contributed by atoms with van der Waals surface area (Å²) in [7, 11) is 0. The second kappa shape index (κ2) is 7.21. The van der Waals surface area contributed by atoms with E-state index in [0.717, 1.165) is 17.0 Å². The third kappa shape index (κ3) is 3.24. The number of alkyl halides is 2. The first-order chi connectivity index (χ1) is 11.3. The van der Waals surface area contributed by atoms with Gasteiger partial charge < -0.3 is 0 Å². The quantitative estimate of drug-likeness (QED) is 0.560. The van der Waals surface area contributed by atoms with Gasteiger partial charge in [-0.25, -0.2) is 23.1 Å². The average molecular weight is 364 g/mol. The Morgan fingerprint density at radius 2 is 1.96 bits per heavy atom. The lowest BCUT2D eigenvalue weighted by Crippen LogP contribution is -2.50. The molecular formula is C15H14ClF4N3O. The van der Waals surface area contributed by atoms with E-state index in [2.05, 4.69) is 4.99 Å². The van der Waals surface area contributed by atoms with E-state index in [4.69, 9.17) is 11.6 Å². The van der Waals surface area contributed by atoms with Crippen LogP contribution in [0.1, 0.15) is 12.5 Å². The Kier molecular flexibility index (Phi) is 5.48. The van der Waals surface area contributed by atoms with Crippen LogP contribution in [0.25, 0.3) is 0 Å². The molecule has 2 aliphatic rings. The molecule has 130 valence electrons. The third-order valence-electron chi connectivity index (χ3n) is 3.52. The Hall–Kier alpha value is -2.09. The average Bonchev–Trinajstić information content (AvgIpc) is 2.87. The highest BCUT2D eigenvalue weighted by molar-refractivity contribution is 6.31. The number of aryl methyl sites for hydroxylation is 1. The number of hydrogen-bond acceptors (Lipinski definition) is 3. The van der Waals surface area contributed by atoms with Gasteiger partial charge in [0.15, 0.2) is 0 Å². The minimum atomic E-state index is -1.75. The van der Waals surface area contributed by atoms with Gasteiger partial charge in [-0.1, -0.05) is 11.6 Å². The molecule has 0 aromatic heterocycles. The summed E-state index contributed by atoms with van der Waals surface area (Å²) < 4.78 is 47.3. The molecule has 0 bridgehead atoms. The molecule has 0 radical (unpaired) electrons. The molecule has 1 unspecified atom stereocenters. The maximum Gasteiger partial charge on any atom is 0.262 e. The van der Waals surface area contributed by atoms with Gasteiger partial charge in [0.25, 0.3) is 5.91 Å². The van der Waals surface area contributed by atoms with Crippen LogP contribution < -0.4 is 4.90 Å². The zero-order valence-corrected chi connectivity index (χ0v) is 13.6. The van der Waals surface area contributed by atoms with Gasteiger partial charge in [0.1, 0.15) is 5.82 Å². The highest BCUT2D eigenvalue weighted by Crippen LogP contribution is 2.32. The summed E-state index contributed by atoms with van der Waals surface area (Å²) in [6.45, 7) is 2.07. The molecule has 2 heterocycles. The van der Waals surface area contributed by atoms with Crippen LogP contribution in [0, 0.1) is 12.7 Å². The van der Waals surface area contributed by atoms with Gasteiger partial charge in [-0.3, -0.25) is 9.69 Å². The fraction of sp³-hybridized carbons (Fsp3) is 0.333. The van der Waals surface area contributed by atoms with Crippen LogP contribution in [-0.2, 0) is 4.79 Å². The molecule has 0 saturated carbocycles. The van der Waals surface area contributed by atoms with Gasteiger partial charge >= 0.3 is 0 Å². The van der Waals surface area contributed by atoms with Crippen LogP contribution in [0.2, 0.25) is 5.02 Å². The Labute approximate surface area is 141 Å². The molecule has 1 atom stereocenters. The van der Waals surface area contributed by atoms with Crippen molar-refractivity contribution in [1.82, 2.24) is 4.90 Å². The Bertz CT molecular complexity index is 723. The van der Waals surface area contributed by atoms with Crippen molar-refractivity contribution in [3.05, 3.63) is 40.6 Å². The van der Waals surface area contributed by atoms with E-state index < -0.39 is 24.6 Å². The highest BCUT2D eigenvalue weighted by Gasteiger charge is 2.39. The van der Waals surface area contributed by atoms with Crippen molar-refractivity contribution in [3.63, 3.8) is 0 Å². The monoisotopic (exact) mass is 363 g/mol. The number of aliphatic imine (C=N–C) groups is 1. The van der Waals surface area contributed by atoms with Gasteiger partial charge in [0.05, 0.1) is 24.4 Å². The zero-order chi connectivity index (χ0) is 18.0. The molecule has 3 rings (SSSR count). The number of rotatable bonds is 1. The van der Waals surface area contributed by atoms with E-state index in [-0.39, 0.29) is 22.7 Å². The molecule has 4 nitrogen and oxygen atoms in total. The number of fused-ring (bicyclic) bond motifs is 1. The van der Waals surface area contributed by atoms with Crippen molar-refractivity contribution in [2.75, 3.05) is 18.4 Å². The first-order valence-electron chi connectivity index (χ1n) is 6.94. The zero-order valence-electron chi connectivity index (χ0n) is 12.9. The number of nitrogens with zero attached hydrogens (tertiary/aromatic N) is 3. The molecule has 0 N–H and O–H groups in total. The number of anilines is 1. The standard InChI is InChI=1S/C14H12ClF2N3O.CH2F2/c1-7-3-11(10(16)4-9(7)15)20-13(21)5-12(17)19-8(2)6-18-14(19)20;2-1-3/h3-5,8H,6H2,1-2H3;1H2. The molecule has 1 aromatic rings. The van der Waals surface area contributed by atoms with E-state index in [9.17, 15) is 22.4 Å².